The summed E-state index contributed by atoms with van der Waals surface area (Å²) in [4.78, 5) is 12.1. The van der Waals surface area contributed by atoms with Gasteiger partial charge in [0, 0.05) is 6.54 Å². The molecule has 1 N–H and O–H groups in total. The summed E-state index contributed by atoms with van der Waals surface area (Å²) in [6.45, 7) is 4.81. The normalized spacial score (nSPS) is 11.1. The van der Waals surface area contributed by atoms with Crippen LogP contribution in [0.25, 0.3) is 0 Å². The number of sulfonamides is 1. The lowest BCUT2D eigenvalue weighted by Crippen LogP contribution is -2.38. The second kappa shape index (κ2) is 9.41. The maximum atomic E-state index is 12.1. The molecule has 0 atom stereocenters. The molecule has 6 nitrogen and oxygen atoms in total. The molecule has 0 aliphatic rings. The lowest BCUT2D eigenvalue weighted by atomic mass is 10.1. The Bertz CT molecular complexity index is 847. The summed E-state index contributed by atoms with van der Waals surface area (Å²) in [5, 5.41) is 2.78. The van der Waals surface area contributed by atoms with Crippen LogP contribution in [0, 0.1) is 6.92 Å². The number of benzene rings is 2. The van der Waals surface area contributed by atoms with Gasteiger partial charge in [-0.15, -0.1) is 0 Å². The lowest BCUT2D eigenvalue weighted by Gasteiger charge is -2.22. The molecule has 1 amide bonds. The molecule has 7 heteroatoms. The van der Waals surface area contributed by atoms with Gasteiger partial charge in [-0.1, -0.05) is 29.8 Å². The molecule has 0 aliphatic carbocycles. The highest BCUT2D eigenvalue weighted by molar-refractivity contribution is 7.92. The summed E-state index contributed by atoms with van der Waals surface area (Å²) in [6.07, 6.45) is 1.42. The molecule has 0 spiro atoms. The average Bonchev–Trinajstić information content (AvgIpc) is 2.61. The van der Waals surface area contributed by atoms with E-state index in [1.54, 1.807) is 24.3 Å². The van der Waals surface area contributed by atoms with Gasteiger partial charge >= 0.3 is 0 Å². The molecule has 27 heavy (non-hydrogen) atoms. The van der Waals surface area contributed by atoms with Gasteiger partial charge in [-0.05, 0) is 43.7 Å². The van der Waals surface area contributed by atoms with Crippen LogP contribution in [0.15, 0.2) is 48.5 Å². The molecule has 2 aromatic rings. The van der Waals surface area contributed by atoms with Crippen LogP contribution in [0.4, 0.5) is 5.69 Å². The molecule has 0 saturated heterocycles. The number of ether oxygens (including phenoxy) is 1. The zero-order valence-electron chi connectivity index (χ0n) is 15.9. The molecule has 0 aliphatic heterocycles. The maximum Gasteiger partial charge on any atom is 0.232 e. The highest BCUT2D eigenvalue weighted by Gasteiger charge is 2.17. The van der Waals surface area contributed by atoms with Crippen molar-refractivity contribution in [2.24, 2.45) is 0 Å². The number of amides is 1. The first kappa shape index (κ1) is 20.8. The number of nitrogens with one attached hydrogen (secondary N) is 1. The van der Waals surface area contributed by atoms with E-state index in [1.807, 2.05) is 38.1 Å². The number of anilines is 1. The van der Waals surface area contributed by atoms with Crippen LogP contribution in [0.5, 0.6) is 5.75 Å². The summed E-state index contributed by atoms with van der Waals surface area (Å²) in [5.41, 5.74) is 2.59. The standard InChI is InChI=1S/C20H26N2O4S/c1-4-26-19-11-9-18(10-12-19)22(27(3,24)25)14-13-21-20(23)15-17-7-5-16(2)6-8-17/h5-12H,4,13-15H2,1-3H3,(H,21,23). The van der Waals surface area contributed by atoms with Gasteiger partial charge < -0.3 is 10.1 Å². The van der Waals surface area contributed by atoms with Crippen LogP contribution in [0.1, 0.15) is 18.1 Å². The van der Waals surface area contributed by atoms with Gasteiger partial charge in [0.25, 0.3) is 0 Å². The third-order valence-electron chi connectivity index (χ3n) is 3.96. The molecule has 0 aromatic heterocycles. The van der Waals surface area contributed by atoms with Gasteiger partial charge in [-0.2, -0.15) is 0 Å². The molecule has 0 fully saturated rings. The van der Waals surface area contributed by atoms with Gasteiger partial charge in [0.15, 0.2) is 0 Å². The molecule has 0 unspecified atom stereocenters. The largest absolute Gasteiger partial charge is 0.494 e. The summed E-state index contributed by atoms with van der Waals surface area (Å²) in [7, 11) is -3.46. The van der Waals surface area contributed by atoms with Gasteiger partial charge in [0.2, 0.25) is 15.9 Å². The Balaban J connectivity index is 1.94. The van der Waals surface area contributed by atoms with E-state index in [-0.39, 0.29) is 25.4 Å². The fourth-order valence-corrected chi connectivity index (χ4v) is 3.54. The van der Waals surface area contributed by atoms with Crippen molar-refractivity contribution in [1.29, 1.82) is 0 Å². The number of hydrogen-bond acceptors (Lipinski definition) is 4. The molecule has 0 heterocycles. The van der Waals surface area contributed by atoms with E-state index in [4.69, 9.17) is 4.74 Å². The highest BCUT2D eigenvalue weighted by atomic mass is 32.2. The SMILES string of the molecule is CCOc1ccc(N(CCNC(=O)Cc2ccc(C)cc2)S(C)(=O)=O)cc1. The Kier molecular flexibility index (Phi) is 7.24. The van der Waals surface area contributed by atoms with Crippen LogP contribution in [-0.2, 0) is 21.2 Å². The quantitative estimate of drug-likeness (QED) is 0.714. The van der Waals surface area contributed by atoms with Gasteiger partial charge in [0.1, 0.15) is 5.75 Å². The van der Waals surface area contributed by atoms with Crippen LogP contribution >= 0.6 is 0 Å². The summed E-state index contributed by atoms with van der Waals surface area (Å²) in [6, 6.07) is 14.6. The predicted molar refractivity (Wildman–Crippen MR) is 108 cm³/mol. The maximum absolute atomic E-state index is 12.1. The van der Waals surface area contributed by atoms with Crippen molar-refractivity contribution in [3.05, 3.63) is 59.7 Å². The van der Waals surface area contributed by atoms with Gasteiger partial charge in [0.05, 0.1) is 31.5 Å². The Morgan fingerprint density at radius 3 is 2.26 bits per heavy atom. The van der Waals surface area contributed by atoms with Crippen molar-refractivity contribution in [2.45, 2.75) is 20.3 Å². The number of carbonyl (C=O) groups excluding carboxylic acids is 1. The van der Waals surface area contributed by atoms with Crippen LogP contribution in [-0.4, -0.2) is 40.3 Å². The summed E-state index contributed by atoms with van der Waals surface area (Å²) < 4.78 is 30.9. The van der Waals surface area contributed by atoms with E-state index in [0.29, 0.717) is 18.0 Å². The Morgan fingerprint density at radius 1 is 1.07 bits per heavy atom. The molecule has 0 bridgehead atoms. The first-order valence-corrected chi connectivity index (χ1v) is 10.7. The summed E-state index contributed by atoms with van der Waals surface area (Å²) in [5.74, 6) is 0.542. The van der Waals surface area contributed by atoms with E-state index in [1.165, 1.54) is 4.31 Å². The topological polar surface area (TPSA) is 75.7 Å². The minimum Gasteiger partial charge on any atom is -0.494 e. The molecule has 0 radical (unpaired) electrons. The average molecular weight is 391 g/mol. The Labute approximate surface area is 161 Å². The van der Waals surface area contributed by atoms with Crippen molar-refractivity contribution in [1.82, 2.24) is 5.32 Å². The number of nitrogens with zero attached hydrogens (tertiary/aromatic N) is 1. The molecular weight excluding hydrogens is 364 g/mol. The van der Waals surface area contributed by atoms with E-state index in [9.17, 15) is 13.2 Å². The van der Waals surface area contributed by atoms with Crippen LogP contribution < -0.4 is 14.4 Å². The van der Waals surface area contributed by atoms with Crippen molar-refractivity contribution in [3.8, 4) is 5.75 Å². The predicted octanol–water partition coefficient (Wildman–Crippen LogP) is 2.52. The second-order valence-corrected chi connectivity index (χ2v) is 8.18. The van der Waals surface area contributed by atoms with E-state index in [2.05, 4.69) is 5.32 Å². The highest BCUT2D eigenvalue weighted by Crippen LogP contribution is 2.21. The van der Waals surface area contributed by atoms with Crippen molar-refractivity contribution in [3.63, 3.8) is 0 Å². The van der Waals surface area contributed by atoms with Gasteiger partial charge in [-0.25, -0.2) is 8.42 Å². The molecule has 0 saturated carbocycles. The fourth-order valence-electron chi connectivity index (χ4n) is 2.61. The molecule has 2 aromatic carbocycles. The van der Waals surface area contributed by atoms with E-state index < -0.39 is 10.0 Å². The van der Waals surface area contributed by atoms with E-state index in [0.717, 1.165) is 17.4 Å². The van der Waals surface area contributed by atoms with Crippen molar-refractivity contribution >= 4 is 21.6 Å². The number of aryl methyl sites for hydroxylation is 1. The summed E-state index contributed by atoms with van der Waals surface area (Å²) >= 11 is 0. The first-order valence-electron chi connectivity index (χ1n) is 8.82. The lowest BCUT2D eigenvalue weighted by molar-refractivity contribution is -0.120. The third-order valence-corrected chi connectivity index (χ3v) is 5.15. The second-order valence-electron chi connectivity index (χ2n) is 6.27. The monoisotopic (exact) mass is 390 g/mol. The Morgan fingerprint density at radius 2 is 1.70 bits per heavy atom. The number of hydrogen-bond donors (Lipinski definition) is 1. The molecule has 2 rings (SSSR count). The van der Waals surface area contributed by atoms with Crippen LogP contribution in [0.2, 0.25) is 0 Å². The number of carbonyl (C=O) groups is 1. The number of rotatable bonds is 9. The van der Waals surface area contributed by atoms with Gasteiger partial charge in [-0.3, -0.25) is 9.10 Å². The van der Waals surface area contributed by atoms with Crippen molar-refractivity contribution in [2.75, 3.05) is 30.3 Å². The minimum absolute atomic E-state index is 0.140. The fraction of sp³-hybridized carbons (Fsp3) is 0.350. The molecule has 146 valence electrons. The zero-order chi connectivity index (χ0) is 19.9. The molecular formula is C20H26N2O4S. The van der Waals surface area contributed by atoms with Crippen molar-refractivity contribution < 1.29 is 17.9 Å². The van der Waals surface area contributed by atoms with E-state index >= 15 is 0 Å². The zero-order valence-corrected chi connectivity index (χ0v) is 16.8. The Hall–Kier alpha value is -2.54. The van der Waals surface area contributed by atoms with Crippen LogP contribution in [0.3, 0.4) is 0 Å². The minimum atomic E-state index is -3.46. The first-order chi connectivity index (χ1) is 12.8. The smallest absolute Gasteiger partial charge is 0.232 e. The third kappa shape index (κ3) is 6.60.